The van der Waals surface area contributed by atoms with Gasteiger partial charge in [0.25, 0.3) is 6.43 Å². The minimum absolute atomic E-state index is 0.00694. The second-order valence-electron chi connectivity index (χ2n) is 3.00. The van der Waals surface area contributed by atoms with Gasteiger partial charge in [0.2, 0.25) is 0 Å². The molecule has 0 aliphatic rings. The Morgan fingerprint density at radius 2 is 2.07 bits per heavy atom. The van der Waals surface area contributed by atoms with Gasteiger partial charge >= 0.3 is 0 Å². The lowest BCUT2D eigenvalue weighted by Gasteiger charge is -2.12. The Hall–Kier alpha value is -1.65. The maximum absolute atomic E-state index is 12.6. The van der Waals surface area contributed by atoms with E-state index < -0.39 is 12.0 Å². The van der Waals surface area contributed by atoms with Crippen LogP contribution in [0, 0.1) is 0 Å². The summed E-state index contributed by atoms with van der Waals surface area (Å²) in [6, 6.07) is 2.69. The number of nitrogen functional groups attached to an aromatic ring is 1. The van der Waals surface area contributed by atoms with E-state index in [-0.39, 0.29) is 22.8 Å². The van der Waals surface area contributed by atoms with Crippen LogP contribution in [0.15, 0.2) is 12.1 Å². The van der Waals surface area contributed by atoms with E-state index in [1.165, 1.54) is 26.2 Å². The van der Waals surface area contributed by atoms with Crippen LogP contribution < -0.4 is 10.5 Å². The average Bonchev–Trinajstić information content (AvgIpc) is 2.15. The number of benzene rings is 1. The summed E-state index contributed by atoms with van der Waals surface area (Å²) in [6.45, 7) is 1.27. The smallest absolute Gasteiger partial charge is 0.269 e. The Balaban J connectivity index is 3.42. The van der Waals surface area contributed by atoms with Crippen molar-refractivity contribution in [1.82, 2.24) is 0 Å². The summed E-state index contributed by atoms with van der Waals surface area (Å²) < 4.78 is 30.0. The van der Waals surface area contributed by atoms with Crippen molar-refractivity contribution in [2.45, 2.75) is 13.3 Å². The van der Waals surface area contributed by atoms with Crippen molar-refractivity contribution < 1.29 is 18.3 Å². The van der Waals surface area contributed by atoms with E-state index in [1.807, 2.05) is 0 Å². The predicted molar refractivity (Wildman–Crippen MR) is 52.4 cm³/mol. The van der Waals surface area contributed by atoms with Gasteiger partial charge in [-0.2, -0.15) is 0 Å². The van der Waals surface area contributed by atoms with Gasteiger partial charge in [0, 0.05) is 5.56 Å². The van der Waals surface area contributed by atoms with E-state index in [2.05, 4.69) is 0 Å². The van der Waals surface area contributed by atoms with Crippen LogP contribution in [0.25, 0.3) is 0 Å². The molecule has 0 aliphatic heterocycles. The minimum Gasteiger partial charge on any atom is -0.496 e. The third-order valence-corrected chi connectivity index (χ3v) is 2.06. The fourth-order valence-corrected chi connectivity index (χ4v) is 1.33. The number of carbonyl (C=O) groups excluding carboxylic acids is 1. The van der Waals surface area contributed by atoms with Crippen molar-refractivity contribution >= 4 is 11.5 Å². The lowest BCUT2D eigenvalue weighted by Crippen LogP contribution is -2.06. The number of hydrogen-bond donors (Lipinski definition) is 1. The zero-order chi connectivity index (χ0) is 11.6. The number of carbonyl (C=O) groups is 1. The molecule has 0 spiro atoms. The quantitative estimate of drug-likeness (QED) is 0.622. The van der Waals surface area contributed by atoms with E-state index in [1.54, 1.807) is 0 Å². The van der Waals surface area contributed by atoms with Crippen molar-refractivity contribution in [2.75, 3.05) is 12.8 Å². The molecule has 5 heteroatoms. The van der Waals surface area contributed by atoms with E-state index in [4.69, 9.17) is 10.5 Å². The number of rotatable bonds is 3. The third kappa shape index (κ3) is 2.06. The molecule has 1 aromatic carbocycles. The largest absolute Gasteiger partial charge is 0.496 e. The van der Waals surface area contributed by atoms with Crippen LogP contribution in [0.3, 0.4) is 0 Å². The maximum atomic E-state index is 12.6. The number of methoxy groups -OCH3 is 1. The monoisotopic (exact) mass is 215 g/mol. The number of nitrogens with two attached hydrogens (primary N) is 1. The summed E-state index contributed by atoms with van der Waals surface area (Å²) in [5.41, 5.74) is 4.93. The van der Waals surface area contributed by atoms with Gasteiger partial charge in [-0.1, -0.05) is 0 Å². The van der Waals surface area contributed by atoms with Crippen LogP contribution >= 0.6 is 0 Å². The Morgan fingerprint density at radius 3 is 2.47 bits per heavy atom. The van der Waals surface area contributed by atoms with Crippen LogP contribution in [0.2, 0.25) is 0 Å². The molecule has 15 heavy (non-hydrogen) atoms. The Bertz CT molecular complexity index is 391. The molecule has 3 nitrogen and oxygen atoms in total. The van der Waals surface area contributed by atoms with Gasteiger partial charge in [0.15, 0.2) is 5.78 Å². The number of Topliss-reactive ketones (excluding diaryl/α,β-unsaturated/α-hetero) is 1. The van der Waals surface area contributed by atoms with Gasteiger partial charge in [-0.05, 0) is 19.1 Å². The van der Waals surface area contributed by atoms with E-state index >= 15 is 0 Å². The summed E-state index contributed by atoms with van der Waals surface area (Å²) >= 11 is 0. The molecular formula is C10H11F2NO2. The molecule has 0 radical (unpaired) electrons. The molecule has 82 valence electrons. The van der Waals surface area contributed by atoms with E-state index in [0.29, 0.717) is 0 Å². The normalized spacial score (nSPS) is 10.5. The number of hydrogen-bond acceptors (Lipinski definition) is 3. The van der Waals surface area contributed by atoms with Crippen molar-refractivity contribution in [3.8, 4) is 5.75 Å². The standard InChI is InChI=1S/C10H11F2NO2/c1-5(14)6-3-4-7(15-2)8(9(6)13)10(11)12/h3-4,10H,13H2,1-2H3. The first-order valence-electron chi connectivity index (χ1n) is 4.24. The average molecular weight is 215 g/mol. The lowest BCUT2D eigenvalue weighted by atomic mass is 10.0. The van der Waals surface area contributed by atoms with Gasteiger partial charge in [-0.3, -0.25) is 4.79 Å². The topological polar surface area (TPSA) is 52.3 Å². The molecule has 0 aromatic heterocycles. The highest BCUT2D eigenvalue weighted by Gasteiger charge is 2.21. The predicted octanol–water partition coefficient (Wildman–Crippen LogP) is 2.42. The van der Waals surface area contributed by atoms with Crippen molar-refractivity contribution in [3.63, 3.8) is 0 Å². The Kier molecular flexibility index (Phi) is 3.24. The summed E-state index contributed by atoms with van der Waals surface area (Å²) in [7, 11) is 1.27. The first kappa shape index (κ1) is 11.4. The van der Waals surface area contributed by atoms with Crippen LogP contribution in [-0.2, 0) is 0 Å². The fourth-order valence-electron chi connectivity index (χ4n) is 1.33. The number of ketones is 1. The number of ether oxygens (including phenoxy) is 1. The van der Waals surface area contributed by atoms with Crippen LogP contribution in [0.1, 0.15) is 29.3 Å². The first-order valence-corrected chi connectivity index (χ1v) is 4.24. The van der Waals surface area contributed by atoms with Gasteiger partial charge in [0.05, 0.1) is 18.4 Å². The van der Waals surface area contributed by atoms with Crippen molar-refractivity contribution in [3.05, 3.63) is 23.3 Å². The SMILES string of the molecule is COc1ccc(C(C)=O)c(N)c1C(F)F. The molecule has 1 rings (SSSR count). The second-order valence-corrected chi connectivity index (χ2v) is 3.00. The Labute approximate surface area is 85.8 Å². The van der Waals surface area contributed by atoms with Gasteiger partial charge < -0.3 is 10.5 Å². The highest BCUT2D eigenvalue weighted by molar-refractivity contribution is 6.00. The molecule has 0 heterocycles. The number of alkyl halides is 2. The molecule has 0 bridgehead atoms. The molecule has 0 unspecified atom stereocenters. The zero-order valence-electron chi connectivity index (χ0n) is 8.38. The number of halogens is 2. The molecule has 0 atom stereocenters. The molecule has 0 amide bonds. The molecule has 1 aromatic rings. The second kappa shape index (κ2) is 4.25. The molecule has 0 aliphatic carbocycles. The molecule has 0 saturated carbocycles. The third-order valence-electron chi connectivity index (χ3n) is 2.06. The summed E-state index contributed by atoms with van der Waals surface area (Å²) in [6.07, 6.45) is -2.76. The van der Waals surface area contributed by atoms with Crippen LogP contribution in [0.5, 0.6) is 5.75 Å². The summed E-state index contributed by atoms with van der Waals surface area (Å²) in [5.74, 6) is -0.357. The first-order chi connectivity index (χ1) is 6.99. The van der Waals surface area contributed by atoms with E-state index in [0.717, 1.165) is 0 Å². The lowest BCUT2D eigenvalue weighted by molar-refractivity contribution is 0.101. The zero-order valence-corrected chi connectivity index (χ0v) is 8.38. The summed E-state index contributed by atoms with van der Waals surface area (Å²) in [4.78, 5) is 11.1. The minimum atomic E-state index is -2.76. The van der Waals surface area contributed by atoms with Crippen LogP contribution in [-0.4, -0.2) is 12.9 Å². The fraction of sp³-hybridized carbons (Fsp3) is 0.300. The summed E-state index contributed by atoms with van der Waals surface area (Å²) in [5, 5.41) is 0. The molecular weight excluding hydrogens is 204 g/mol. The van der Waals surface area contributed by atoms with Crippen LogP contribution in [0.4, 0.5) is 14.5 Å². The molecule has 2 N–H and O–H groups in total. The highest BCUT2D eigenvalue weighted by atomic mass is 19.3. The van der Waals surface area contributed by atoms with Gasteiger partial charge in [-0.25, -0.2) is 8.78 Å². The number of anilines is 1. The molecule has 0 saturated heterocycles. The van der Waals surface area contributed by atoms with Crippen molar-refractivity contribution in [1.29, 1.82) is 0 Å². The highest BCUT2D eigenvalue weighted by Crippen LogP contribution is 2.35. The Morgan fingerprint density at radius 1 is 1.47 bits per heavy atom. The van der Waals surface area contributed by atoms with Crippen molar-refractivity contribution in [2.24, 2.45) is 0 Å². The molecule has 0 fully saturated rings. The maximum Gasteiger partial charge on any atom is 0.269 e. The van der Waals surface area contributed by atoms with Gasteiger partial charge in [0.1, 0.15) is 5.75 Å². The van der Waals surface area contributed by atoms with E-state index in [9.17, 15) is 13.6 Å². The van der Waals surface area contributed by atoms with Gasteiger partial charge in [-0.15, -0.1) is 0 Å².